The van der Waals surface area contributed by atoms with Crippen LogP contribution < -0.4 is 0 Å². The van der Waals surface area contributed by atoms with Gasteiger partial charge < -0.3 is 4.57 Å². The van der Waals surface area contributed by atoms with Crippen LogP contribution in [0.25, 0.3) is 11.0 Å². The summed E-state index contributed by atoms with van der Waals surface area (Å²) in [5, 5.41) is 0. The van der Waals surface area contributed by atoms with Crippen LogP contribution in [0, 0.1) is 13.8 Å². The van der Waals surface area contributed by atoms with Crippen LogP contribution in [-0.4, -0.2) is 20.4 Å². The Labute approximate surface area is 129 Å². The zero-order chi connectivity index (χ0) is 14.8. The topological polar surface area (TPSA) is 30.7 Å². The maximum Gasteiger partial charge on any atom is 0.111 e. The van der Waals surface area contributed by atoms with Gasteiger partial charge >= 0.3 is 0 Å². The second-order valence-corrected chi connectivity index (χ2v) is 5.64. The van der Waals surface area contributed by atoms with E-state index in [-0.39, 0.29) is 0 Å². The molecule has 2 heterocycles. The lowest BCUT2D eigenvalue weighted by Crippen LogP contribution is -2.09. The van der Waals surface area contributed by atoms with Crippen molar-refractivity contribution >= 4 is 22.6 Å². The first kappa shape index (κ1) is 14.1. The molecular weight excluding hydrogens is 282 g/mol. The van der Waals surface area contributed by atoms with Crippen molar-refractivity contribution in [1.82, 2.24) is 14.5 Å². The third kappa shape index (κ3) is 2.66. The first-order chi connectivity index (χ1) is 10.2. The summed E-state index contributed by atoms with van der Waals surface area (Å²) in [5.74, 6) is 1.60. The first-order valence-corrected chi connectivity index (χ1v) is 7.65. The fourth-order valence-electron chi connectivity index (χ4n) is 2.69. The van der Waals surface area contributed by atoms with Crippen molar-refractivity contribution in [2.24, 2.45) is 0 Å². The van der Waals surface area contributed by atoms with Gasteiger partial charge in [0.1, 0.15) is 5.82 Å². The monoisotopic (exact) mass is 299 g/mol. The largest absolute Gasteiger partial charge is 0.322 e. The van der Waals surface area contributed by atoms with Crippen LogP contribution in [0.3, 0.4) is 0 Å². The predicted octanol–water partition coefficient (Wildman–Crippen LogP) is 3.88. The van der Waals surface area contributed by atoms with E-state index in [2.05, 4.69) is 41.6 Å². The van der Waals surface area contributed by atoms with Gasteiger partial charge in [-0.2, -0.15) is 0 Å². The molecule has 0 unspecified atom stereocenters. The number of hydrogen-bond donors (Lipinski definition) is 0. The predicted molar refractivity (Wildman–Crippen MR) is 87.0 cm³/mol. The van der Waals surface area contributed by atoms with Gasteiger partial charge in [-0.3, -0.25) is 4.98 Å². The van der Waals surface area contributed by atoms with E-state index in [1.165, 1.54) is 16.6 Å². The number of imidazole rings is 1. The Morgan fingerprint density at radius 2 is 1.90 bits per heavy atom. The minimum absolute atomic E-state index is 0.573. The number of pyridine rings is 1. The van der Waals surface area contributed by atoms with Crippen LogP contribution in [0.1, 0.15) is 22.6 Å². The summed E-state index contributed by atoms with van der Waals surface area (Å²) < 4.78 is 2.25. The van der Waals surface area contributed by atoms with Crippen molar-refractivity contribution in [2.45, 2.75) is 26.8 Å². The highest BCUT2D eigenvalue weighted by Crippen LogP contribution is 2.22. The van der Waals surface area contributed by atoms with E-state index < -0.39 is 0 Å². The van der Waals surface area contributed by atoms with E-state index >= 15 is 0 Å². The van der Waals surface area contributed by atoms with Crippen molar-refractivity contribution in [2.75, 3.05) is 5.88 Å². The summed E-state index contributed by atoms with van der Waals surface area (Å²) in [5.41, 5.74) is 5.72. The van der Waals surface area contributed by atoms with Gasteiger partial charge in [0.05, 0.1) is 23.3 Å². The average Bonchev–Trinajstić information content (AvgIpc) is 2.81. The molecule has 0 aliphatic rings. The number of halogens is 1. The molecule has 21 heavy (non-hydrogen) atoms. The quantitative estimate of drug-likeness (QED) is 0.685. The summed E-state index contributed by atoms with van der Waals surface area (Å²) in [6.07, 6.45) is 2.61. The number of alkyl halides is 1. The van der Waals surface area contributed by atoms with Crippen molar-refractivity contribution < 1.29 is 0 Å². The van der Waals surface area contributed by atoms with Gasteiger partial charge in [0, 0.05) is 18.5 Å². The van der Waals surface area contributed by atoms with E-state index in [4.69, 9.17) is 16.6 Å². The molecule has 108 valence electrons. The lowest BCUT2D eigenvalue weighted by molar-refractivity contribution is 0.732. The zero-order valence-corrected chi connectivity index (χ0v) is 13.1. The Hall–Kier alpha value is -1.87. The summed E-state index contributed by atoms with van der Waals surface area (Å²) >= 11 is 5.94. The normalized spacial score (nSPS) is 11.2. The number of aromatic nitrogens is 3. The van der Waals surface area contributed by atoms with Crippen molar-refractivity contribution in [3.05, 3.63) is 59.2 Å². The lowest BCUT2D eigenvalue weighted by atomic mass is 10.2. The Morgan fingerprint density at radius 3 is 2.67 bits per heavy atom. The Balaban J connectivity index is 2.15. The molecule has 0 radical (unpaired) electrons. The minimum atomic E-state index is 0.573. The number of aryl methyl sites for hydroxylation is 3. The van der Waals surface area contributed by atoms with Gasteiger partial charge in [-0.1, -0.05) is 18.2 Å². The van der Waals surface area contributed by atoms with Crippen LogP contribution in [0.5, 0.6) is 0 Å². The molecule has 0 amide bonds. The maximum atomic E-state index is 5.94. The number of fused-ring (bicyclic) bond motifs is 1. The summed E-state index contributed by atoms with van der Waals surface area (Å²) in [6.45, 7) is 4.95. The molecule has 0 fully saturated rings. The van der Waals surface area contributed by atoms with Crippen LogP contribution in [0.15, 0.2) is 36.5 Å². The van der Waals surface area contributed by atoms with Gasteiger partial charge in [0.15, 0.2) is 0 Å². The summed E-state index contributed by atoms with van der Waals surface area (Å²) in [7, 11) is 0. The molecule has 0 aliphatic heterocycles. The molecule has 3 nitrogen and oxygen atoms in total. The molecule has 1 aromatic carbocycles. The molecule has 0 bridgehead atoms. The van der Waals surface area contributed by atoms with Gasteiger partial charge in [0.25, 0.3) is 0 Å². The molecule has 3 aromatic rings. The standard InChI is InChI=1S/C17H18ClN3/c1-12-6-4-10-19-15(12)11-21-16(8-9-18)20-14-7-3-5-13(2)17(14)21/h3-7,10H,8-9,11H2,1-2H3. The molecule has 0 atom stereocenters. The fourth-order valence-corrected chi connectivity index (χ4v) is 2.86. The molecule has 2 aromatic heterocycles. The average molecular weight is 300 g/mol. The van der Waals surface area contributed by atoms with Gasteiger partial charge in [-0.25, -0.2) is 4.98 Å². The number of rotatable bonds is 4. The number of benzene rings is 1. The molecule has 0 N–H and O–H groups in total. The smallest absolute Gasteiger partial charge is 0.111 e. The third-order valence-corrected chi connectivity index (χ3v) is 3.98. The number of nitrogens with zero attached hydrogens (tertiary/aromatic N) is 3. The number of para-hydroxylation sites is 1. The molecule has 0 spiro atoms. The molecule has 4 heteroatoms. The van der Waals surface area contributed by atoms with Crippen molar-refractivity contribution in [1.29, 1.82) is 0 Å². The summed E-state index contributed by atoms with van der Waals surface area (Å²) in [6, 6.07) is 10.3. The van der Waals surface area contributed by atoms with Crippen LogP contribution in [-0.2, 0) is 13.0 Å². The van der Waals surface area contributed by atoms with Gasteiger partial charge in [0.2, 0.25) is 0 Å². The Bertz CT molecular complexity index is 777. The highest BCUT2D eigenvalue weighted by molar-refractivity contribution is 6.17. The molecule has 0 saturated carbocycles. The second kappa shape index (κ2) is 5.86. The molecule has 0 saturated heterocycles. The van der Waals surface area contributed by atoms with E-state index in [1.807, 2.05) is 18.3 Å². The third-order valence-electron chi connectivity index (χ3n) is 3.79. The van der Waals surface area contributed by atoms with Crippen molar-refractivity contribution in [3.63, 3.8) is 0 Å². The van der Waals surface area contributed by atoms with Crippen molar-refractivity contribution in [3.8, 4) is 0 Å². The SMILES string of the molecule is Cc1cccnc1Cn1c(CCCl)nc2cccc(C)c21. The highest BCUT2D eigenvalue weighted by atomic mass is 35.5. The molecule has 3 rings (SSSR count). The second-order valence-electron chi connectivity index (χ2n) is 5.26. The number of hydrogen-bond acceptors (Lipinski definition) is 2. The van der Waals surface area contributed by atoms with Crippen LogP contribution in [0.2, 0.25) is 0 Å². The van der Waals surface area contributed by atoms with E-state index in [1.54, 1.807) is 0 Å². The van der Waals surface area contributed by atoms with Crippen LogP contribution >= 0.6 is 11.6 Å². The summed E-state index contributed by atoms with van der Waals surface area (Å²) in [4.78, 5) is 9.25. The van der Waals surface area contributed by atoms with Gasteiger partial charge in [-0.15, -0.1) is 11.6 Å². The zero-order valence-electron chi connectivity index (χ0n) is 12.3. The molecule has 0 aliphatic carbocycles. The lowest BCUT2D eigenvalue weighted by Gasteiger charge is -2.11. The fraction of sp³-hybridized carbons (Fsp3) is 0.294. The minimum Gasteiger partial charge on any atom is -0.322 e. The van der Waals surface area contributed by atoms with Crippen LogP contribution in [0.4, 0.5) is 0 Å². The first-order valence-electron chi connectivity index (χ1n) is 7.12. The van der Waals surface area contributed by atoms with Gasteiger partial charge in [-0.05, 0) is 37.1 Å². The molecular formula is C17H18ClN3. The Kier molecular flexibility index (Phi) is 3.93. The van der Waals surface area contributed by atoms with E-state index in [0.717, 1.165) is 30.0 Å². The van der Waals surface area contributed by atoms with E-state index in [0.29, 0.717) is 5.88 Å². The van der Waals surface area contributed by atoms with E-state index in [9.17, 15) is 0 Å². The highest BCUT2D eigenvalue weighted by Gasteiger charge is 2.13. The Morgan fingerprint density at radius 1 is 1.10 bits per heavy atom. The maximum absolute atomic E-state index is 5.94.